The third-order valence-electron chi connectivity index (χ3n) is 5.36. The fourth-order valence-corrected chi connectivity index (χ4v) is 4.19. The van der Waals surface area contributed by atoms with Gasteiger partial charge in [-0.25, -0.2) is 0 Å². The molecule has 0 amide bonds. The van der Waals surface area contributed by atoms with Crippen LogP contribution in [0.25, 0.3) is 0 Å². The molecule has 2 rings (SSSR count). The predicted octanol–water partition coefficient (Wildman–Crippen LogP) is 2.68. The van der Waals surface area contributed by atoms with Gasteiger partial charge in [-0.3, -0.25) is 4.79 Å². The van der Waals surface area contributed by atoms with Crippen molar-refractivity contribution in [1.29, 1.82) is 0 Å². The molecule has 2 fully saturated rings. The van der Waals surface area contributed by atoms with Gasteiger partial charge in [0.2, 0.25) is 0 Å². The molecular weight excluding hydrogens is 256 g/mol. The average Bonchev–Trinajstić information content (AvgIpc) is 2.47. The van der Waals surface area contributed by atoms with Crippen molar-refractivity contribution < 1.29 is 19.4 Å². The van der Waals surface area contributed by atoms with Crippen molar-refractivity contribution in [2.24, 2.45) is 11.8 Å². The summed E-state index contributed by atoms with van der Waals surface area (Å²) in [5.74, 6) is 0.481. The first-order valence-electron chi connectivity index (χ1n) is 7.91. The molecule has 4 nitrogen and oxygen atoms in total. The maximum Gasteiger partial charge on any atom is 0.308 e. The number of rotatable bonds is 4. The lowest BCUT2D eigenvalue weighted by Crippen LogP contribution is -2.47. The first-order chi connectivity index (χ1) is 9.59. The molecule has 0 saturated heterocycles. The Bertz CT molecular complexity index is 322. The van der Waals surface area contributed by atoms with E-state index in [9.17, 15) is 9.90 Å². The zero-order valence-electron chi connectivity index (χ0n) is 12.8. The highest BCUT2D eigenvalue weighted by atomic mass is 16.5. The summed E-state index contributed by atoms with van der Waals surface area (Å²) in [7, 11) is 3.17. The highest BCUT2D eigenvalue weighted by Crippen LogP contribution is 2.45. The Balaban J connectivity index is 2.01. The van der Waals surface area contributed by atoms with Crippen LogP contribution in [0.2, 0.25) is 0 Å². The number of hydrogen-bond acceptors (Lipinski definition) is 4. The number of hydrogen-bond donors (Lipinski definition) is 1. The van der Waals surface area contributed by atoms with Gasteiger partial charge >= 0.3 is 5.97 Å². The fourth-order valence-electron chi connectivity index (χ4n) is 4.19. The largest absolute Gasteiger partial charge is 0.469 e. The van der Waals surface area contributed by atoms with E-state index in [1.807, 2.05) is 0 Å². The molecule has 0 aromatic heterocycles. The summed E-state index contributed by atoms with van der Waals surface area (Å²) >= 11 is 0. The Hall–Kier alpha value is -0.610. The summed E-state index contributed by atoms with van der Waals surface area (Å²) in [5.41, 5.74) is -0.851. The van der Waals surface area contributed by atoms with Crippen molar-refractivity contribution >= 4 is 5.97 Å². The van der Waals surface area contributed by atoms with E-state index < -0.39 is 5.60 Å². The minimum Gasteiger partial charge on any atom is -0.469 e. The molecule has 0 spiro atoms. The highest BCUT2D eigenvalue weighted by molar-refractivity contribution is 5.70. The Morgan fingerprint density at radius 2 is 1.85 bits per heavy atom. The summed E-state index contributed by atoms with van der Waals surface area (Å²) in [6, 6.07) is 0. The van der Waals surface area contributed by atoms with E-state index in [0.29, 0.717) is 12.0 Å². The van der Waals surface area contributed by atoms with Crippen LogP contribution in [0.15, 0.2) is 0 Å². The van der Waals surface area contributed by atoms with Gasteiger partial charge in [0.05, 0.1) is 25.2 Å². The summed E-state index contributed by atoms with van der Waals surface area (Å²) in [6.07, 6.45) is 8.83. The molecule has 2 saturated carbocycles. The molecule has 0 aromatic rings. The van der Waals surface area contributed by atoms with E-state index in [2.05, 4.69) is 0 Å². The number of methoxy groups -OCH3 is 2. The molecule has 4 heteroatoms. The number of carbonyl (C=O) groups is 1. The molecule has 2 atom stereocenters. The van der Waals surface area contributed by atoms with Gasteiger partial charge in [-0.05, 0) is 50.4 Å². The van der Waals surface area contributed by atoms with E-state index >= 15 is 0 Å². The van der Waals surface area contributed by atoms with Crippen molar-refractivity contribution in [3.8, 4) is 0 Å². The molecule has 0 heterocycles. The summed E-state index contributed by atoms with van der Waals surface area (Å²) < 4.78 is 10.2. The SMILES string of the molecule is COC(=O)C[C@@]1(O)CCCC[C@@H]1C1CCC(OC)CC1. The number of carbonyl (C=O) groups excluding carboxylic acids is 1. The smallest absolute Gasteiger partial charge is 0.308 e. The third-order valence-corrected chi connectivity index (χ3v) is 5.36. The quantitative estimate of drug-likeness (QED) is 0.806. The molecular formula is C16H28O4. The zero-order chi connectivity index (χ0) is 14.6. The minimum atomic E-state index is -0.851. The van der Waals surface area contributed by atoms with E-state index in [1.54, 1.807) is 7.11 Å². The lowest BCUT2D eigenvalue weighted by Gasteiger charge is -2.45. The fraction of sp³-hybridized carbons (Fsp3) is 0.938. The van der Waals surface area contributed by atoms with E-state index in [4.69, 9.17) is 9.47 Å². The lowest BCUT2D eigenvalue weighted by molar-refractivity contribution is -0.154. The lowest BCUT2D eigenvalue weighted by atomic mass is 9.64. The zero-order valence-corrected chi connectivity index (χ0v) is 12.8. The minimum absolute atomic E-state index is 0.151. The van der Waals surface area contributed by atoms with Crippen molar-refractivity contribution in [2.75, 3.05) is 14.2 Å². The van der Waals surface area contributed by atoms with Crippen LogP contribution in [0.1, 0.15) is 57.8 Å². The van der Waals surface area contributed by atoms with Crippen LogP contribution in [0, 0.1) is 11.8 Å². The normalized spacial score (nSPS) is 38.5. The summed E-state index contributed by atoms with van der Waals surface area (Å²) in [4.78, 5) is 11.6. The van der Waals surface area contributed by atoms with Crippen LogP contribution in [0.3, 0.4) is 0 Å². The monoisotopic (exact) mass is 284 g/mol. The van der Waals surface area contributed by atoms with Gasteiger partial charge in [-0.1, -0.05) is 12.8 Å². The number of esters is 1. The van der Waals surface area contributed by atoms with Gasteiger partial charge in [0.25, 0.3) is 0 Å². The van der Waals surface area contributed by atoms with Crippen molar-refractivity contribution in [3.05, 3.63) is 0 Å². The number of aliphatic hydroxyl groups is 1. The maximum absolute atomic E-state index is 11.6. The van der Waals surface area contributed by atoms with E-state index in [0.717, 1.165) is 44.9 Å². The highest BCUT2D eigenvalue weighted by Gasteiger charge is 2.45. The molecule has 1 N–H and O–H groups in total. The second-order valence-corrected chi connectivity index (χ2v) is 6.48. The van der Waals surface area contributed by atoms with Crippen molar-refractivity contribution in [2.45, 2.75) is 69.5 Å². The average molecular weight is 284 g/mol. The molecule has 116 valence electrons. The molecule has 0 unspecified atom stereocenters. The molecule has 2 aliphatic rings. The first-order valence-corrected chi connectivity index (χ1v) is 7.91. The van der Waals surface area contributed by atoms with Crippen LogP contribution in [0.4, 0.5) is 0 Å². The van der Waals surface area contributed by atoms with Crippen LogP contribution >= 0.6 is 0 Å². The topological polar surface area (TPSA) is 55.8 Å². The van der Waals surface area contributed by atoms with Crippen LogP contribution < -0.4 is 0 Å². The van der Waals surface area contributed by atoms with Crippen LogP contribution in [0.5, 0.6) is 0 Å². The van der Waals surface area contributed by atoms with Gasteiger partial charge in [-0.15, -0.1) is 0 Å². The van der Waals surface area contributed by atoms with Gasteiger partial charge in [0.1, 0.15) is 0 Å². The van der Waals surface area contributed by atoms with Gasteiger partial charge in [0.15, 0.2) is 0 Å². The summed E-state index contributed by atoms with van der Waals surface area (Å²) in [6.45, 7) is 0. The molecule has 0 aliphatic heterocycles. The Morgan fingerprint density at radius 3 is 2.45 bits per heavy atom. The van der Waals surface area contributed by atoms with Gasteiger partial charge in [0, 0.05) is 7.11 Å². The molecule has 2 aliphatic carbocycles. The van der Waals surface area contributed by atoms with Crippen LogP contribution in [-0.4, -0.2) is 37.0 Å². The second-order valence-electron chi connectivity index (χ2n) is 6.48. The molecule has 0 aromatic carbocycles. The van der Waals surface area contributed by atoms with Gasteiger partial charge in [-0.2, -0.15) is 0 Å². The summed E-state index contributed by atoms with van der Waals surface area (Å²) in [5, 5.41) is 11.0. The van der Waals surface area contributed by atoms with E-state index in [-0.39, 0.29) is 18.3 Å². The van der Waals surface area contributed by atoms with Crippen LogP contribution in [-0.2, 0) is 14.3 Å². The molecule has 0 radical (unpaired) electrons. The van der Waals surface area contributed by atoms with Gasteiger partial charge < -0.3 is 14.6 Å². The Labute approximate surface area is 121 Å². The van der Waals surface area contributed by atoms with E-state index in [1.165, 1.54) is 13.5 Å². The standard InChI is InChI=1S/C16H28O4/c1-19-13-8-6-12(7-9-13)14-5-3-4-10-16(14,18)11-15(17)20-2/h12-14,18H,3-11H2,1-2H3/t12?,13?,14-,16+/m1/s1. The number of ether oxygens (including phenoxy) is 2. The molecule has 0 bridgehead atoms. The van der Waals surface area contributed by atoms with Crippen molar-refractivity contribution in [1.82, 2.24) is 0 Å². The van der Waals surface area contributed by atoms with Crippen molar-refractivity contribution in [3.63, 3.8) is 0 Å². The Kier molecular flexibility index (Phi) is 5.44. The molecule has 20 heavy (non-hydrogen) atoms. The third kappa shape index (κ3) is 3.53. The second kappa shape index (κ2) is 6.90. The predicted molar refractivity (Wildman–Crippen MR) is 76.3 cm³/mol. The Morgan fingerprint density at radius 1 is 1.15 bits per heavy atom. The maximum atomic E-state index is 11.6. The first kappa shape index (κ1) is 15.8.